The van der Waals surface area contributed by atoms with Crippen LogP contribution in [0.2, 0.25) is 0 Å². The van der Waals surface area contributed by atoms with Crippen LogP contribution in [0, 0.1) is 12.8 Å². The molecule has 9 nitrogen and oxygen atoms in total. The summed E-state index contributed by atoms with van der Waals surface area (Å²) in [4.78, 5) is 0.0728. The summed E-state index contributed by atoms with van der Waals surface area (Å²) in [5, 5.41) is 0. The minimum absolute atomic E-state index is 0.0128. The predicted octanol–water partition coefficient (Wildman–Crippen LogP) is 4.15. The van der Waals surface area contributed by atoms with Crippen LogP contribution in [0.1, 0.15) is 28.4 Å². The molecule has 2 aliphatic heterocycles. The Labute approximate surface area is 227 Å². The van der Waals surface area contributed by atoms with E-state index in [1.807, 2.05) is 31.2 Å². The average molecular weight is 555 g/mol. The fourth-order valence-corrected chi connectivity index (χ4v) is 7.49. The maximum Gasteiger partial charge on any atom is 0.297 e. The molecule has 0 aromatic heterocycles. The molecule has 0 unspecified atom stereocenters. The van der Waals surface area contributed by atoms with Gasteiger partial charge in [-0.05, 0) is 60.0 Å². The standard InChI is InChI=1S/C29H30O9S/c1-17-6-9-19(10-7-17)39(30,31)38-28-16-37-29(18-8-11-22(32-2)23(12-18)33-3)21-14-25(35-5)24(34-4)13-20(21)27(28)36-15-26(28)29/h6-14,26-27H,15-16H2,1-5H3/t26-,27-,28+,29-/m1/s1. The van der Waals surface area contributed by atoms with Crippen LogP contribution in [0.3, 0.4) is 0 Å². The summed E-state index contributed by atoms with van der Waals surface area (Å²) in [6.45, 7) is 2.09. The zero-order valence-electron chi connectivity index (χ0n) is 22.3. The van der Waals surface area contributed by atoms with Crippen molar-refractivity contribution in [3.8, 4) is 23.0 Å². The van der Waals surface area contributed by atoms with Crippen LogP contribution in [0.4, 0.5) is 0 Å². The van der Waals surface area contributed by atoms with Crippen LogP contribution in [0.25, 0.3) is 0 Å². The van der Waals surface area contributed by atoms with E-state index in [2.05, 4.69) is 0 Å². The third-order valence-electron chi connectivity index (χ3n) is 8.10. The molecule has 0 saturated carbocycles. The van der Waals surface area contributed by atoms with Gasteiger partial charge in [0.2, 0.25) is 0 Å². The highest BCUT2D eigenvalue weighted by Crippen LogP contribution is 2.67. The molecule has 1 aliphatic carbocycles. The lowest BCUT2D eigenvalue weighted by Crippen LogP contribution is -2.51. The maximum atomic E-state index is 13.7. The van der Waals surface area contributed by atoms with E-state index in [0.29, 0.717) is 28.6 Å². The van der Waals surface area contributed by atoms with Crippen molar-refractivity contribution in [2.24, 2.45) is 5.92 Å². The van der Waals surface area contributed by atoms with Crippen LogP contribution in [0.5, 0.6) is 23.0 Å². The summed E-state index contributed by atoms with van der Waals surface area (Å²) in [6, 6.07) is 15.8. The molecule has 6 rings (SSSR count). The molecule has 0 amide bonds. The van der Waals surface area contributed by atoms with Gasteiger partial charge in [-0.3, -0.25) is 4.18 Å². The summed E-state index contributed by atoms with van der Waals surface area (Å²) >= 11 is 0. The minimum Gasteiger partial charge on any atom is -0.493 e. The summed E-state index contributed by atoms with van der Waals surface area (Å²) in [5.74, 6) is 1.58. The fraction of sp³-hybridized carbons (Fsp3) is 0.379. The van der Waals surface area contributed by atoms with E-state index in [1.165, 1.54) is 0 Å². The Bertz CT molecular complexity index is 1540. The van der Waals surface area contributed by atoms with Gasteiger partial charge in [-0.25, -0.2) is 0 Å². The number of benzene rings is 3. The molecular formula is C29H30O9S. The Hall–Kier alpha value is -3.31. The predicted molar refractivity (Wildman–Crippen MR) is 140 cm³/mol. The number of methoxy groups -OCH3 is 4. The first-order valence-electron chi connectivity index (χ1n) is 12.5. The maximum absolute atomic E-state index is 13.7. The van der Waals surface area contributed by atoms with Gasteiger partial charge in [-0.15, -0.1) is 0 Å². The molecule has 2 fully saturated rings. The quantitative estimate of drug-likeness (QED) is 0.380. The average Bonchev–Trinajstić information content (AvgIpc) is 3.37. The smallest absolute Gasteiger partial charge is 0.297 e. The third-order valence-corrected chi connectivity index (χ3v) is 9.48. The molecule has 39 heavy (non-hydrogen) atoms. The lowest BCUT2D eigenvalue weighted by atomic mass is 9.64. The van der Waals surface area contributed by atoms with Crippen molar-refractivity contribution < 1.29 is 41.0 Å². The van der Waals surface area contributed by atoms with Crippen molar-refractivity contribution in [2.75, 3.05) is 41.7 Å². The second-order valence-electron chi connectivity index (χ2n) is 9.96. The molecule has 4 atom stereocenters. The summed E-state index contributed by atoms with van der Waals surface area (Å²) < 4.78 is 68.9. The topological polar surface area (TPSA) is 98.8 Å². The number of hydrogen-bond donors (Lipinski definition) is 0. The third kappa shape index (κ3) is 3.58. The largest absolute Gasteiger partial charge is 0.493 e. The highest BCUT2D eigenvalue weighted by molar-refractivity contribution is 7.86. The van der Waals surface area contributed by atoms with Crippen LogP contribution < -0.4 is 18.9 Å². The molecule has 4 bridgehead atoms. The number of aryl methyl sites for hydroxylation is 1. The molecule has 3 aromatic rings. The Morgan fingerprint density at radius 2 is 1.46 bits per heavy atom. The van der Waals surface area contributed by atoms with Crippen LogP contribution in [-0.2, 0) is 29.4 Å². The Morgan fingerprint density at radius 3 is 2.13 bits per heavy atom. The van der Waals surface area contributed by atoms with Crippen molar-refractivity contribution in [1.29, 1.82) is 0 Å². The molecule has 2 heterocycles. The van der Waals surface area contributed by atoms with E-state index in [9.17, 15) is 8.42 Å². The van der Waals surface area contributed by atoms with Gasteiger partial charge in [0.05, 0.1) is 52.5 Å². The minimum atomic E-state index is -4.17. The SMILES string of the molecule is COc1ccc([C@]23OC[C@@]4(OS(=O)(=O)c5ccc(C)cc5)[C@H](OC[C@@H]24)c2cc(OC)c(OC)cc23)cc1OC. The van der Waals surface area contributed by atoms with Crippen LogP contribution in [0.15, 0.2) is 59.5 Å². The lowest BCUT2D eigenvalue weighted by Gasteiger charge is -2.43. The highest BCUT2D eigenvalue weighted by Gasteiger charge is 2.73. The second-order valence-corrected chi connectivity index (χ2v) is 11.5. The number of hydrogen-bond acceptors (Lipinski definition) is 9. The molecule has 2 saturated heterocycles. The summed E-state index contributed by atoms with van der Waals surface area (Å²) in [6.07, 6.45) is -0.715. The van der Waals surface area contributed by atoms with Gasteiger partial charge in [0.1, 0.15) is 17.3 Å². The zero-order valence-corrected chi connectivity index (χ0v) is 23.2. The van der Waals surface area contributed by atoms with Crippen molar-refractivity contribution in [2.45, 2.75) is 29.1 Å². The molecule has 10 heteroatoms. The second kappa shape index (κ2) is 9.12. The number of fused-ring (bicyclic) bond motifs is 3. The van der Waals surface area contributed by atoms with Gasteiger partial charge in [-0.1, -0.05) is 23.8 Å². The molecule has 3 aromatic carbocycles. The Balaban J connectivity index is 1.58. The van der Waals surface area contributed by atoms with Gasteiger partial charge >= 0.3 is 0 Å². The molecule has 0 N–H and O–H groups in total. The number of rotatable bonds is 8. The fourth-order valence-electron chi connectivity index (χ4n) is 6.26. The first kappa shape index (κ1) is 25.9. The Kier molecular flexibility index (Phi) is 6.07. The van der Waals surface area contributed by atoms with E-state index < -0.39 is 33.3 Å². The van der Waals surface area contributed by atoms with Crippen molar-refractivity contribution in [1.82, 2.24) is 0 Å². The van der Waals surface area contributed by atoms with E-state index in [4.69, 9.17) is 32.6 Å². The van der Waals surface area contributed by atoms with E-state index in [1.54, 1.807) is 58.8 Å². The van der Waals surface area contributed by atoms with Gasteiger partial charge in [-0.2, -0.15) is 8.42 Å². The summed E-state index contributed by atoms with van der Waals surface area (Å²) in [7, 11) is 2.08. The van der Waals surface area contributed by atoms with E-state index in [-0.39, 0.29) is 18.1 Å². The van der Waals surface area contributed by atoms with Crippen molar-refractivity contribution in [3.63, 3.8) is 0 Å². The summed E-state index contributed by atoms with van der Waals surface area (Å²) in [5.41, 5.74) is 0.769. The van der Waals surface area contributed by atoms with Gasteiger partial charge in [0.25, 0.3) is 10.1 Å². The molecule has 0 radical (unpaired) electrons. The molecular weight excluding hydrogens is 524 g/mol. The van der Waals surface area contributed by atoms with Gasteiger partial charge in [0.15, 0.2) is 23.0 Å². The lowest BCUT2D eigenvalue weighted by molar-refractivity contribution is -0.0436. The molecule has 0 spiro atoms. The first-order valence-corrected chi connectivity index (χ1v) is 13.9. The zero-order chi connectivity index (χ0) is 27.6. The van der Waals surface area contributed by atoms with Crippen LogP contribution >= 0.6 is 0 Å². The first-order chi connectivity index (χ1) is 18.7. The van der Waals surface area contributed by atoms with Gasteiger partial charge < -0.3 is 28.4 Å². The van der Waals surface area contributed by atoms with Crippen molar-refractivity contribution in [3.05, 3.63) is 76.9 Å². The van der Waals surface area contributed by atoms with E-state index in [0.717, 1.165) is 16.7 Å². The molecule has 206 valence electrons. The van der Waals surface area contributed by atoms with Crippen molar-refractivity contribution >= 4 is 10.1 Å². The normalized spacial score (nSPS) is 26.7. The highest BCUT2D eigenvalue weighted by atomic mass is 32.2. The van der Waals surface area contributed by atoms with E-state index >= 15 is 0 Å². The monoisotopic (exact) mass is 554 g/mol. The van der Waals surface area contributed by atoms with Gasteiger partial charge in [0, 0.05) is 0 Å². The number of ether oxygens (including phenoxy) is 6. The molecule has 3 aliphatic rings. The van der Waals surface area contributed by atoms with Crippen LogP contribution in [-0.4, -0.2) is 55.7 Å². The Morgan fingerprint density at radius 1 is 0.821 bits per heavy atom.